The number of hydrogen-bond acceptors (Lipinski definition) is 4. The van der Waals surface area contributed by atoms with E-state index in [2.05, 4.69) is 32.7 Å². The van der Waals surface area contributed by atoms with Crippen LogP contribution in [0.2, 0.25) is 0 Å². The van der Waals surface area contributed by atoms with Crippen LogP contribution in [0.4, 0.5) is 5.69 Å². The van der Waals surface area contributed by atoms with Crippen molar-refractivity contribution < 1.29 is 9.59 Å². The first-order chi connectivity index (χ1) is 14.9. The summed E-state index contributed by atoms with van der Waals surface area (Å²) in [4.78, 5) is 35.5. The fourth-order valence-electron chi connectivity index (χ4n) is 4.59. The van der Waals surface area contributed by atoms with Gasteiger partial charge >= 0.3 is 0 Å². The Bertz CT molecular complexity index is 772. The highest BCUT2D eigenvalue weighted by atomic mass is 127. The van der Waals surface area contributed by atoms with E-state index in [9.17, 15) is 9.59 Å². The number of piperazine rings is 1. The molecule has 8 nitrogen and oxygen atoms in total. The molecule has 1 aliphatic carbocycles. The van der Waals surface area contributed by atoms with Crippen LogP contribution in [-0.4, -0.2) is 88.0 Å². The molecule has 9 heteroatoms. The summed E-state index contributed by atoms with van der Waals surface area (Å²) in [6, 6.07) is 10.3. The molecule has 1 saturated heterocycles. The Hall–Kier alpha value is -2.04. The molecule has 2 N–H and O–H groups in total. The summed E-state index contributed by atoms with van der Waals surface area (Å²) in [7, 11) is 5.31. The molecule has 178 valence electrons. The normalized spacial score (nSPS) is 18.0. The van der Waals surface area contributed by atoms with Crippen LogP contribution < -0.4 is 15.5 Å². The van der Waals surface area contributed by atoms with Gasteiger partial charge in [0.2, 0.25) is 11.8 Å². The summed E-state index contributed by atoms with van der Waals surface area (Å²) in [5, 5.41) is 6.42. The molecule has 1 aliphatic heterocycles. The lowest BCUT2D eigenvalue weighted by Gasteiger charge is -2.36. The van der Waals surface area contributed by atoms with Crippen molar-refractivity contribution in [2.45, 2.75) is 25.7 Å². The van der Waals surface area contributed by atoms with Gasteiger partial charge in [-0.25, -0.2) is 0 Å². The third-order valence-corrected chi connectivity index (χ3v) is 6.40. The van der Waals surface area contributed by atoms with Crippen molar-refractivity contribution in [3.63, 3.8) is 0 Å². The van der Waals surface area contributed by atoms with E-state index in [0.29, 0.717) is 25.6 Å². The molecule has 3 rings (SSSR count). The van der Waals surface area contributed by atoms with Crippen molar-refractivity contribution in [2.24, 2.45) is 10.4 Å². The van der Waals surface area contributed by atoms with Gasteiger partial charge in [0.15, 0.2) is 5.96 Å². The second kappa shape index (κ2) is 12.3. The zero-order valence-corrected chi connectivity index (χ0v) is 21.8. The number of rotatable bonds is 6. The van der Waals surface area contributed by atoms with Crippen molar-refractivity contribution >= 4 is 47.4 Å². The predicted molar refractivity (Wildman–Crippen MR) is 140 cm³/mol. The number of para-hydroxylation sites is 1. The molecule has 0 spiro atoms. The van der Waals surface area contributed by atoms with Gasteiger partial charge in [-0.3, -0.25) is 14.6 Å². The molecule has 2 amide bonds. The summed E-state index contributed by atoms with van der Waals surface area (Å²) in [6.45, 7) is 3.81. The summed E-state index contributed by atoms with van der Waals surface area (Å²) >= 11 is 0. The molecule has 0 radical (unpaired) electrons. The summed E-state index contributed by atoms with van der Waals surface area (Å²) in [6.07, 6.45) is 3.92. The number of carbonyl (C=O) groups is 2. The number of nitrogens with one attached hydrogen (secondary N) is 2. The predicted octanol–water partition coefficient (Wildman–Crippen LogP) is 1.77. The van der Waals surface area contributed by atoms with Crippen LogP contribution >= 0.6 is 24.0 Å². The van der Waals surface area contributed by atoms with Gasteiger partial charge in [0.1, 0.15) is 0 Å². The molecule has 1 aromatic rings. The number of benzene rings is 1. The lowest BCUT2D eigenvalue weighted by molar-refractivity contribution is -0.139. The van der Waals surface area contributed by atoms with Gasteiger partial charge in [0.25, 0.3) is 0 Å². The molecule has 0 atom stereocenters. The molecular weight excluding hydrogens is 519 g/mol. The highest BCUT2D eigenvalue weighted by Crippen LogP contribution is 2.38. The van der Waals surface area contributed by atoms with Gasteiger partial charge in [-0.2, -0.15) is 0 Å². The van der Waals surface area contributed by atoms with E-state index in [4.69, 9.17) is 0 Å². The molecule has 2 aliphatic rings. The molecule has 0 bridgehead atoms. The van der Waals surface area contributed by atoms with Crippen LogP contribution in [-0.2, 0) is 9.59 Å². The Morgan fingerprint density at radius 2 is 1.66 bits per heavy atom. The van der Waals surface area contributed by atoms with Crippen LogP contribution in [0.15, 0.2) is 35.3 Å². The minimum atomic E-state index is -0.376. The highest BCUT2D eigenvalue weighted by molar-refractivity contribution is 14.0. The number of carbonyl (C=O) groups excluding carboxylic acids is 2. The minimum Gasteiger partial charge on any atom is -0.368 e. The van der Waals surface area contributed by atoms with Crippen LogP contribution in [0.25, 0.3) is 0 Å². The zero-order valence-electron chi connectivity index (χ0n) is 19.5. The number of anilines is 1. The molecule has 1 saturated carbocycles. The van der Waals surface area contributed by atoms with E-state index in [1.54, 1.807) is 11.9 Å². The molecule has 1 heterocycles. The van der Waals surface area contributed by atoms with E-state index in [-0.39, 0.29) is 47.8 Å². The van der Waals surface area contributed by atoms with Crippen molar-refractivity contribution in [3.8, 4) is 0 Å². The third-order valence-electron chi connectivity index (χ3n) is 6.40. The van der Waals surface area contributed by atoms with Crippen molar-refractivity contribution in [1.82, 2.24) is 20.4 Å². The largest absolute Gasteiger partial charge is 0.368 e. The van der Waals surface area contributed by atoms with Gasteiger partial charge in [0, 0.05) is 59.6 Å². The van der Waals surface area contributed by atoms with Gasteiger partial charge < -0.3 is 25.3 Å². The fourth-order valence-corrected chi connectivity index (χ4v) is 4.59. The minimum absolute atomic E-state index is 0. The Balaban J connectivity index is 0.00000363. The van der Waals surface area contributed by atoms with Crippen molar-refractivity contribution in [3.05, 3.63) is 30.3 Å². The summed E-state index contributed by atoms with van der Waals surface area (Å²) < 4.78 is 0. The first kappa shape index (κ1) is 26.2. The average Bonchev–Trinajstić information content (AvgIpc) is 3.29. The molecule has 0 aromatic heterocycles. The van der Waals surface area contributed by atoms with Crippen LogP contribution in [0.5, 0.6) is 0 Å². The second-order valence-corrected chi connectivity index (χ2v) is 8.67. The Morgan fingerprint density at radius 1 is 1.03 bits per heavy atom. The number of guanidine groups is 1. The average molecular weight is 556 g/mol. The van der Waals surface area contributed by atoms with E-state index < -0.39 is 0 Å². The molecular formula is C23H37IN6O2. The maximum atomic E-state index is 12.7. The number of aliphatic imine (C=N–C) groups is 1. The second-order valence-electron chi connectivity index (χ2n) is 8.67. The SMILES string of the molecule is CN=C(NCC(=O)N1CCN(c2ccccc2)CC1)NCC1(C(=O)N(C)C)CCCC1.I. The molecule has 0 unspecified atom stereocenters. The van der Waals surface area contributed by atoms with Gasteiger partial charge in [-0.15, -0.1) is 24.0 Å². The van der Waals surface area contributed by atoms with Crippen LogP contribution in [0, 0.1) is 5.41 Å². The highest BCUT2D eigenvalue weighted by Gasteiger charge is 2.42. The fraction of sp³-hybridized carbons (Fsp3) is 0.609. The molecule has 32 heavy (non-hydrogen) atoms. The number of hydrogen-bond donors (Lipinski definition) is 2. The Labute approximate surface area is 208 Å². The molecule has 2 fully saturated rings. The van der Waals surface area contributed by atoms with E-state index in [1.165, 1.54) is 5.69 Å². The maximum Gasteiger partial charge on any atom is 0.242 e. The third kappa shape index (κ3) is 6.49. The van der Waals surface area contributed by atoms with Crippen molar-refractivity contribution in [2.75, 3.05) is 65.3 Å². The van der Waals surface area contributed by atoms with Gasteiger partial charge in [-0.05, 0) is 25.0 Å². The monoisotopic (exact) mass is 556 g/mol. The topological polar surface area (TPSA) is 80.3 Å². The number of nitrogens with zero attached hydrogens (tertiary/aromatic N) is 4. The number of halogens is 1. The van der Waals surface area contributed by atoms with E-state index in [1.807, 2.05) is 37.2 Å². The first-order valence-electron chi connectivity index (χ1n) is 11.2. The molecule has 1 aromatic carbocycles. The zero-order chi connectivity index (χ0) is 22.3. The van der Waals surface area contributed by atoms with E-state index in [0.717, 1.165) is 38.8 Å². The van der Waals surface area contributed by atoms with E-state index >= 15 is 0 Å². The summed E-state index contributed by atoms with van der Waals surface area (Å²) in [5.74, 6) is 0.796. The lowest BCUT2D eigenvalue weighted by atomic mass is 9.84. The lowest BCUT2D eigenvalue weighted by Crippen LogP contribution is -2.53. The smallest absolute Gasteiger partial charge is 0.242 e. The van der Waals surface area contributed by atoms with Gasteiger partial charge in [-0.1, -0.05) is 31.0 Å². The maximum absolute atomic E-state index is 12.7. The standard InChI is InChI=1S/C23H36N6O2.HI/c1-24-22(26-18-23(11-7-8-12-23)21(31)27(2)3)25-17-20(30)29-15-13-28(14-16-29)19-9-5-4-6-10-19;/h4-6,9-10H,7-8,11-18H2,1-3H3,(H2,24,25,26);1H. The van der Waals surface area contributed by atoms with Crippen molar-refractivity contribution in [1.29, 1.82) is 0 Å². The van der Waals surface area contributed by atoms with Crippen LogP contribution in [0.1, 0.15) is 25.7 Å². The Morgan fingerprint density at radius 3 is 2.22 bits per heavy atom. The Kier molecular flexibility index (Phi) is 10.0. The quantitative estimate of drug-likeness (QED) is 0.317. The van der Waals surface area contributed by atoms with Crippen LogP contribution in [0.3, 0.4) is 0 Å². The van der Waals surface area contributed by atoms with Gasteiger partial charge in [0.05, 0.1) is 12.0 Å². The number of amides is 2. The first-order valence-corrected chi connectivity index (χ1v) is 11.2. The summed E-state index contributed by atoms with van der Waals surface area (Å²) in [5.41, 5.74) is 0.823.